The lowest BCUT2D eigenvalue weighted by atomic mass is 9.93. The Kier molecular flexibility index (Phi) is 4.64. The van der Waals surface area contributed by atoms with Gasteiger partial charge in [0.05, 0.1) is 5.02 Å². The van der Waals surface area contributed by atoms with Gasteiger partial charge >= 0.3 is 6.01 Å². The Hall–Kier alpha value is -1.67. The number of halogens is 2. The van der Waals surface area contributed by atoms with Gasteiger partial charge in [-0.3, -0.25) is 4.79 Å². The molecule has 7 nitrogen and oxygen atoms in total. The second kappa shape index (κ2) is 6.81. The molecule has 2 aliphatic rings. The van der Waals surface area contributed by atoms with Gasteiger partial charge in [-0.1, -0.05) is 16.7 Å². The smallest absolute Gasteiger partial charge is 0.316 e. The van der Waals surface area contributed by atoms with Crippen molar-refractivity contribution in [2.75, 3.05) is 18.4 Å². The van der Waals surface area contributed by atoms with Crippen molar-refractivity contribution in [1.29, 1.82) is 0 Å². The van der Waals surface area contributed by atoms with Crippen LogP contribution in [0.4, 0.5) is 6.01 Å². The van der Waals surface area contributed by atoms with Crippen molar-refractivity contribution in [3.8, 4) is 11.6 Å². The van der Waals surface area contributed by atoms with Crippen LogP contribution in [0.2, 0.25) is 5.02 Å². The van der Waals surface area contributed by atoms with Gasteiger partial charge in [0.1, 0.15) is 16.3 Å². The highest BCUT2D eigenvalue weighted by atomic mass is 79.9. The molecule has 0 bridgehead atoms. The third kappa shape index (κ3) is 3.57. The van der Waals surface area contributed by atoms with E-state index in [-0.39, 0.29) is 17.8 Å². The zero-order valence-electron chi connectivity index (χ0n) is 14.3. The van der Waals surface area contributed by atoms with Gasteiger partial charge in [0, 0.05) is 13.1 Å². The number of hydrogen-bond donors (Lipinski definition) is 1. The van der Waals surface area contributed by atoms with E-state index in [4.69, 9.17) is 16.0 Å². The van der Waals surface area contributed by atoms with Crippen molar-refractivity contribution >= 4 is 39.5 Å². The summed E-state index contributed by atoms with van der Waals surface area (Å²) in [5.41, 5.74) is 1.06. The molecule has 1 amide bonds. The van der Waals surface area contributed by atoms with Crippen molar-refractivity contribution in [3.63, 3.8) is 0 Å². The molecule has 26 heavy (non-hydrogen) atoms. The summed E-state index contributed by atoms with van der Waals surface area (Å²) in [5, 5.41) is 11.4. The van der Waals surface area contributed by atoms with E-state index >= 15 is 0 Å². The first-order chi connectivity index (χ1) is 12.5. The maximum Gasteiger partial charge on any atom is 0.316 e. The maximum atomic E-state index is 12.6. The molecule has 0 aromatic carbocycles. The molecule has 1 spiro atoms. The Morgan fingerprint density at radius 3 is 2.69 bits per heavy atom. The van der Waals surface area contributed by atoms with Crippen molar-refractivity contribution in [3.05, 3.63) is 21.8 Å². The van der Waals surface area contributed by atoms with Crippen LogP contribution in [0.3, 0.4) is 0 Å². The van der Waals surface area contributed by atoms with Crippen LogP contribution in [-0.4, -0.2) is 45.1 Å². The van der Waals surface area contributed by atoms with E-state index in [1.165, 1.54) is 12.8 Å². The first-order valence-electron chi connectivity index (χ1n) is 8.67. The van der Waals surface area contributed by atoms with E-state index in [9.17, 15) is 4.79 Å². The molecular formula is C17H19BrClN5O2. The second-order valence-electron chi connectivity index (χ2n) is 7.07. The molecule has 1 saturated heterocycles. The third-order valence-electron chi connectivity index (χ3n) is 5.25. The van der Waals surface area contributed by atoms with Gasteiger partial charge in [-0.2, -0.15) is 0 Å². The average molecular weight is 441 g/mol. The number of amides is 1. The quantitative estimate of drug-likeness (QED) is 0.729. The number of rotatable bonds is 4. The molecule has 1 aliphatic heterocycles. The fourth-order valence-electron chi connectivity index (χ4n) is 3.32. The molecule has 2 fully saturated rings. The largest absolute Gasteiger partial charge is 0.402 e. The number of carbonyl (C=O) groups is 1. The normalized spacial score (nSPS) is 19.4. The molecule has 1 N–H and O–H groups in total. The molecule has 1 saturated carbocycles. The number of pyridine rings is 1. The molecule has 9 heteroatoms. The molecule has 1 aliphatic carbocycles. The number of piperidine rings is 1. The number of likely N-dealkylation sites (tertiary alicyclic amines) is 1. The number of nitrogens with zero attached hydrogens (tertiary/aromatic N) is 4. The molecule has 3 heterocycles. The van der Waals surface area contributed by atoms with Crippen molar-refractivity contribution < 1.29 is 9.21 Å². The lowest BCUT2D eigenvalue weighted by Crippen LogP contribution is -2.45. The number of anilines is 1. The minimum atomic E-state index is -0.429. The van der Waals surface area contributed by atoms with E-state index in [0.717, 1.165) is 25.9 Å². The SMILES string of the molecule is C[C@@H](Nc1nnc(-c2ccc(Cl)c(Br)n2)o1)C(=O)N1CCC2(CC1)CC2. The fraction of sp³-hybridized carbons (Fsp3) is 0.529. The van der Waals surface area contributed by atoms with Crippen LogP contribution in [0.15, 0.2) is 21.2 Å². The zero-order chi connectivity index (χ0) is 18.3. The lowest BCUT2D eigenvalue weighted by Gasteiger charge is -2.33. The van der Waals surface area contributed by atoms with Gasteiger partial charge in [-0.05, 0) is 66.1 Å². The van der Waals surface area contributed by atoms with Crippen LogP contribution >= 0.6 is 27.5 Å². The van der Waals surface area contributed by atoms with Gasteiger partial charge in [-0.15, -0.1) is 5.10 Å². The Labute approximate surface area is 164 Å². The van der Waals surface area contributed by atoms with Crippen LogP contribution in [-0.2, 0) is 4.79 Å². The molecule has 4 rings (SSSR count). The summed E-state index contributed by atoms with van der Waals surface area (Å²) in [6, 6.07) is 3.16. The monoisotopic (exact) mass is 439 g/mol. The molecule has 2 aromatic heterocycles. The minimum absolute atomic E-state index is 0.0626. The Morgan fingerprint density at radius 1 is 1.31 bits per heavy atom. The summed E-state index contributed by atoms with van der Waals surface area (Å²) in [5.74, 6) is 0.325. The molecule has 2 aromatic rings. The van der Waals surface area contributed by atoms with Gasteiger partial charge in [0.25, 0.3) is 5.89 Å². The topological polar surface area (TPSA) is 84.1 Å². The van der Waals surface area contributed by atoms with Crippen LogP contribution in [0.25, 0.3) is 11.6 Å². The van der Waals surface area contributed by atoms with Gasteiger partial charge < -0.3 is 14.6 Å². The molecule has 0 radical (unpaired) electrons. The Bertz CT molecular complexity index is 828. The third-order valence-corrected chi connectivity index (χ3v) is 6.39. The summed E-state index contributed by atoms with van der Waals surface area (Å²) in [6.45, 7) is 3.48. The summed E-state index contributed by atoms with van der Waals surface area (Å²) in [6.07, 6.45) is 4.88. The molecular weight excluding hydrogens is 422 g/mol. The number of carbonyl (C=O) groups excluding carboxylic acids is 1. The van der Waals surface area contributed by atoms with Gasteiger partial charge in [-0.25, -0.2) is 4.98 Å². The van der Waals surface area contributed by atoms with Crippen LogP contribution in [0, 0.1) is 5.41 Å². The van der Waals surface area contributed by atoms with Gasteiger partial charge in [0.2, 0.25) is 5.91 Å². The van der Waals surface area contributed by atoms with Crippen molar-refractivity contribution in [2.45, 2.75) is 38.6 Å². The minimum Gasteiger partial charge on any atom is -0.402 e. The van der Waals surface area contributed by atoms with Crippen LogP contribution in [0.1, 0.15) is 32.6 Å². The predicted octanol–water partition coefficient (Wildman–Crippen LogP) is 3.75. The predicted molar refractivity (Wildman–Crippen MR) is 101 cm³/mol. The number of nitrogens with one attached hydrogen (secondary N) is 1. The number of aromatic nitrogens is 3. The number of hydrogen-bond acceptors (Lipinski definition) is 6. The highest BCUT2D eigenvalue weighted by Crippen LogP contribution is 2.53. The first kappa shape index (κ1) is 17.7. The van der Waals surface area contributed by atoms with Crippen molar-refractivity contribution in [2.24, 2.45) is 5.41 Å². The Morgan fingerprint density at radius 2 is 2.04 bits per heavy atom. The molecule has 138 valence electrons. The summed E-state index contributed by atoms with van der Waals surface area (Å²) >= 11 is 9.21. The highest BCUT2D eigenvalue weighted by molar-refractivity contribution is 9.10. The van der Waals surface area contributed by atoms with Crippen LogP contribution < -0.4 is 5.32 Å². The highest BCUT2D eigenvalue weighted by Gasteiger charge is 2.45. The zero-order valence-corrected chi connectivity index (χ0v) is 16.7. The Balaban J connectivity index is 1.38. The van der Waals surface area contributed by atoms with E-state index in [0.29, 0.717) is 20.7 Å². The first-order valence-corrected chi connectivity index (χ1v) is 9.84. The van der Waals surface area contributed by atoms with E-state index in [1.54, 1.807) is 12.1 Å². The summed E-state index contributed by atoms with van der Waals surface area (Å²) in [4.78, 5) is 18.8. The molecule has 1 atom stereocenters. The summed E-state index contributed by atoms with van der Waals surface area (Å²) in [7, 11) is 0. The summed E-state index contributed by atoms with van der Waals surface area (Å²) < 4.78 is 6.09. The van der Waals surface area contributed by atoms with Gasteiger partial charge in [0.15, 0.2) is 0 Å². The van der Waals surface area contributed by atoms with Crippen LogP contribution in [0.5, 0.6) is 0 Å². The van der Waals surface area contributed by atoms with Crippen molar-refractivity contribution in [1.82, 2.24) is 20.1 Å². The standard InChI is InChI=1S/C17H19BrClN5O2/c1-10(15(25)24-8-6-17(4-5-17)7-9-24)20-16-23-22-14(26-16)12-3-2-11(19)13(18)21-12/h2-3,10H,4-9H2,1H3,(H,20,23)/t10-/m1/s1. The maximum absolute atomic E-state index is 12.6. The van der Waals surface area contributed by atoms with E-state index in [2.05, 4.69) is 36.4 Å². The van der Waals surface area contributed by atoms with E-state index in [1.807, 2.05) is 11.8 Å². The second-order valence-corrected chi connectivity index (χ2v) is 8.23. The molecule has 0 unspecified atom stereocenters. The average Bonchev–Trinajstić information content (AvgIpc) is 3.22. The fourth-order valence-corrected chi connectivity index (χ4v) is 3.75. The van der Waals surface area contributed by atoms with E-state index < -0.39 is 6.04 Å². The lowest BCUT2D eigenvalue weighted by molar-refractivity contribution is -0.133.